The third-order valence-electron chi connectivity index (χ3n) is 6.27. The summed E-state index contributed by atoms with van der Waals surface area (Å²) in [6, 6.07) is 0.287. The minimum Gasteiger partial charge on any atom is -0.478 e. The molecule has 2 aliphatic rings. The molecule has 30 heavy (non-hydrogen) atoms. The van der Waals surface area contributed by atoms with Crippen LogP contribution in [0.1, 0.15) is 50.1 Å². The summed E-state index contributed by atoms with van der Waals surface area (Å²) in [4.78, 5) is 19.8. The van der Waals surface area contributed by atoms with E-state index in [0.717, 1.165) is 50.3 Å². The normalized spacial score (nSPS) is 26.4. The summed E-state index contributed by atoms with van der Waals surface area (Å²) in [6.45, 7) is 9.07. The molecule has 1 saturated heterocycles. The fourth-order valence-electron chi connectivity index (χ4n) is 4.94. The molecule has 1 N–H and O–H groups in total. The van der Waals surface area contributed by atoms with Gasteiger partial charge in [0, 0.05) is 55.6 Å². The van der Waals surface area contributed by atoms with E-state index in [9.17, 15) is 5.11 Å². The summed E-state index contributed by atoms with van der Waals surface area (Å²) in [5, 5.41) is 12.0. The van der Waals surface area contributed by atoms with Crippen molar-refractivity contribution < 1.29 is 14.6 Å². The Bertz CT molecular complexity index is 846. The maximum Gasteiger partial charge on any atom is 0.319 e. The highest BCUT2D eigenvalue weighted by Crippen LogP contribution is 2.51. The first-order valence-electron chi connectivity index (χ1n) is 10.9. The Labute approximate surface area is 177 Å². The number of aliphatic hydroxyl groups is 1. The monoisotopic (exact) mass is 413 g/mol. The molecule has 1 saturated carbocycles. The van der Waals surface area contributed by atoms with Gasteiger partial charge in [0.1, 0.15) is 11.4 Å². The van der Waals surface area contributed by atoms with Gasteiger partial charge in [0.05, 0.1) is 18.8 Å². The summed E-state index contributed by atoms with van der Waals surface area (Å²) in [6.07, 6.45) is 8.55. The van der Waals surface area contributed by atoms with Crippen LogP contribution in [-0.2, 0) is 12.1 Å². The topological polar surface area (TPSA) is 93.5 Å². The lowest BCUT2D eigenvalue weighted by atomic mass is 9.63. The van der Waals surface area contributed by atoms with Gasteiger partial charge in [-0.3, -0.25) is 4.90 Å². The number of fused-ring (bicyclic) bond motifs is 2. The lowest BCUT2D eigenvalue weighted by Crippen LogP contribution is -2.58. The molecule has 2 fully saturated rings. The van der Waals surface area contributed by atoms with E-state index in [1.54, 1.807) is 6.20 Å². The second-order valence-electron chi connectivity index (χ2n) is 8.22. The molecule has 162 valence electrons. The number of hydrogen-bond donors (Lipinski definition) is 1. The number of aromatic nitrogens is 4. The van der Waals surface area contributed by atoms with E-state index >= 15 is 0 Å². The van der Waals surface area contributed by atoms with Crippen LogP contribution in [0.25, 0.3) is 0 Å². The number of aryl methyl sites for hydroxylation is 1. The van der Waals surface area contributed by atoms with Crippen LogP contribution in [0.4, 0.5) is 0 Å². The molecule has 8 heteroatoms. The maximum absolute atomic E-state index is 12.0. The van der Waals surface area contributed by atoms with E-state index < -0.39 is 5.60 Å². The number of nitrogens with zero attached hydrogens (tertiary/aromatic N) is 5. The molecule has 1 aliphatic carbocycles. The lowest BCUT2D eigenvalue weighted by molar-refractivity contribution is -0.150. The second kappa shape index (κ2) is 8.81. The molecule has 4 rings (SSSR count). The van der Waals surface area contributed by atoms with Gasteiger partial charge in [-0.05, 0) is 33.6 Å². The van der Waals surface area contributed by atoms with Gasteiger partial charge < -0.3 is 14.6 Å². The van der Waals surface area contributed by atoms with Crippen molar-refractivity contribution in [2.24, 2.45) is 11.8 Å². The molecule has 2 aromatic heterocycles. The van der Waals surface area contributed by atoms with Crippen LogP contribution in [0.5, 0.6) is 11.9 Å². The Morgan fingerprint density at radius 2 is 1.70 bits per heavy atom. The van der Waals surface area contributed by atoms with E-state index in [2.05, 4.69) is 24.8 Å². The van der Waals surface area contributed by atoms with E-state index in [0.29, 0.717) is 24.7 Å². The third-order valence-corrected chi connectivity index (χ3v) is 6.27. The van der Waals surface area contributed by atoms with Crippen LogP contribution >= 0.6 is 0 Å². The highest BCUT2D eigenvalue weighted by atomic mass is 16.5. The molecule has 1 aliphatic heterocycles. The van der Waals surface area contributed by atoms with Crippen LogP contribution in [0.3, 0.4) is 0 Å². The molecular formula is C22H31N5O3. The van der Waals surface area contributed by atoms with Crippen molar-refractivity contribution in [2.75, 3.05) is 26.3 Å². The van der Waals surface area contributed by atoms with Crippen molar-refractivity contribution in [1.29, 1.82) is 0 Å². The first-order chi connectivity index (χ1) is 14.5. The summed E-state index contributed by atoms with van der Waals surface area (Å²) < 4.78 is 11.3. The molecule has 8 nitrogen and oxygen atoms in total. The molecule has 0 aromatic carbocycles. The predicted octanol–water partition coefficient (Wildman–Crippen LogP) is 2.49. The lowest BCUT2D eigenvalue weighted by Gasteiger charge is -2.53. The first-order valence-corrected chi connectivity index (χ1v) is 10.9. The zero-order valence-electron chi connectivity index (χ0n) is 18.0. The van der Waals surface area contributed by atoms with E-state index in [1.165, 1.54) is 0 Å². The smallest absolute Gasteiger partial charge is 0.319 e. The largest absolute Gasteiger partial charge is 0.478 e. The number of ether oxygens (including phenoxy) is 2. The standard InChI is InChI=1S/C22H31N5O3/c1-4-29-20-19(11-25-21(26-20)30-5-2)22(28)17-7-6-8-18(22)14-27(13-17)12-16-9-23-15(3)24-10-16/h9-11,17-18,28H,4-8,12-14H2,1-3H3. The van der Waals surface area contributed by atoms with Gasteiger partial charge in [0.2, 0.25) is 5.88 Å². The second-order valence-corrected chi connectivity index (χ2v) is 8.22. The van der Waals surface area contributed by atoms with Gasteiger partial charge in [0.25, 0.3) is 0 Å². The molecule has 3 heterocycles. The zero-order chi connectivity index (χ0) is 21.1. The maximum atomic E-state index is 12.0. The van der Waals surface area contributed by atoms with E-state index in [1.807, 2.05) is 33.2 Å². The summed E-state index contributed by atoms with van der Waals surface area (Å²) in [7, 11) is 0. The average molecular weight is 414 g/mol. The van der Waals surface area contributed by atoms with Gasteiger partial charge >= 0.3 is 6.01 Å². The molecule has 0 amide bonds. The van der Waals surface area contributed by atoms with E-state index in [4.69, 9.17) is 9.47 Å². The average Bonchev–Trinajstić information content (AvgIpc) is 2.71. The van der Waals surface area contributed by atoms with Gasteiger partial charge in [-0.25, -0.2) is 15.0 Å². The fraction of sp³-hybridized carbons (Fsp3) is 0.636. The highest BCUT2D eigenvalue weighted by Gasteiger charge is 2.53. The third kappa shape index (κ3) is 3.98. The van der Waals surface area contributed by atoms with Crippen molar-refractivity contribution in [3.05, 3.63) is 35.5 Å². The summed E-state index contributed by atoms with van der Waals surface area (Å²) in [5.74, 6) is 1.41. The minimum absolute atomic E-state index is 0.0946. The Morgan fingerprint density at radius 1 is 1.03 bits per heavy atom. The van der Waals surface area contributed by atoms with Crippen molar-refractivity contribution in [1.82, 2.24) is 24.8 Å². The summed E-state index contributed by atoms with van der Waals surface area (Å²) in [5.41, 5.74) is 0.803. The minimum atomic E-state index is -0.992. The Balaban J connectivity index is 1.60. The fourth-order valence-corrected chi connectivity index (χ4v) is 4.94. The Kier molecular flexibility index (Phi) is 6.15. The van der Waals surface area contributed by atoms with Crippen LogP contribution in [-0.4, -0.2) is 56.2 Å². The SMILES string of the molecule is CCOc1ncc(C2(O)C3CCCC2CN(Cc2cnc(C)nc2)C3)c(OCC)n1. The van der Waals surface area contributed by atoms with Crippen molar-refractivity contribution in [2.45, 2.75) is 52.2 Å². The van der Waals surface area contributed by atoms with Gasteiger partial charge in [-0.1, -0.05) is 6.42 Å². The predicted molar refractivity (Wildman–Crippen MR) is 111 cm³/mol. The van der Waals surface area contributed by atoms with Crippen molar-refractivity contribution >= 4 is 0 Å². The van der Waals surface area contributed by atoms with Crippen molar-refractivity contribution in [3.63, 3.8) is 0 Å². The summed E-state index contributed by atoms with van der Waals surface area (Å²) >= 11 is 0. The van der Waals surface area contributed by atoms with Crippen molar-refractivity contribution in [3.8, 4) is 11.9 Å². The number of rotatable bonds is 7. The van der Waals surface area contributed by atoms with Gasteiger partial charge in [0.15, 0.2) is 0 Å². The van der Waals surface area contributed by atoms with Gasteiger partial charge in [-0.2, -0.15) is 4.98 Å². The molecular weight excluding hydrogens is 382 g/mol. The number of piperidine rings is 1. The highest BCUT2D eigenvalue weighted by molar-refractivity contribution is 5.34. The quantitative estimate of drug-likeness (QED) is 0.740. The number of hydrogen-bond acceptors (Lipinski definition) is 8. The Hall–Kier alpha value is -2.32. The molecule has 0 radical (unpaired) electrons. The number of likely N-dealkylation sites (tertiary alicyclic amines) is 1. The molecule has 2 atom stereocenters. The van der Waals surface area contributed by atoms with Crippen LogP contribution in [0.2, 0.25) is 0 Å². The van der Waals surface area contributed by atoms with E-state index in [-0.39, 0.29) is 17.8 Å². The molecule has 2 aromatic rings. The molecule has 2 unspecified atom stereocenters. The first kappa shape index (κ1) is 20.9. The Morgan fingerprint density at radius 3 is 2.33 bits per heavy atom. The van der Waals surface area contributed by atoms with Crippen LogP contribution in [0.15, 0.2) is 18.6 Å². The van der Waals surface area contributed by atoms with Crippen LogP contribution < -0.4 is 9.47 Å². The van der Waals surface area contributed by atoms with Crippen LogP contribution in [0, 0.1) is 18.8 Å². The molecule has 2 bridgehead atoms. The molecule has 0 spiro atoms. The van der Waals surface area contributed by atoms with Gasteiger partial charge in [-0.15, -0.1) is 0 Å². The zero-order valence-corrected chi connectivity index (χ0v) is 18.0.